The van der Waals surface area contributed by atoms with Crippen molar-refractivity contribution in [1.82, 2.24) is 10.6 Å². The van der Waals surface area contributed by atoms with Crippen molar-refractivity contribution in [2.45, 2.75) is 12.5 Å². The van der Waals surface area contributed by atoms with Gasteiger partial charge in [-0.3, -0.25) is 9.59 Å². The van der Waals surface area contributed by atoms with Gasteiger partial charge in [-0.15, -0.1) is 0 Å². The number of rotatable bonds is 13. The van der Waals surface area contributed by atoms with Gasteiger partial charge in [-0.05, 0) is 42.8 Å². The van der Waals surface area contributed by atoms with Crippen molar-refractivity contribution in [2.24, 2.45) is 0 Å². The molecule has 1 atom stereocenters. The molecule has 37 heavy (non-hydrogen) atoms. The number of halogens is 2. The van der Waals surface area contributed by atoms with Gasteiger partial charge in [0.1, 0.15) is 11.5 Å². The maximum absolute atomic E-state index is 12.0. The lowest BCUT2D eigenvalue weighted by atomic mass is 10.2. The first-order valence-electron chi connectivity index (χ1n) is 10.9. The van der Waals surface area contributed by atoms with Gasteiger partial charge in [-0.25, -0.2) is 9.59 Å². The van der Waals surface area contributed by atoms with Crippen molar-refractivity contribution in [3.63, 3.8) is 0 Å². The molecule has 0 saturated heterocycles. The van der Waals surface area contributed by atoms with Gasteiger partial charge in [-0.1, -0.05) is 23.2 Å². The minimum Gasteiger partial charge on any atom is -0.484 e. The third kappa shape index (κ3) is 9.79. The quantitative estimate of drug-likeness (QED) is 0.315. The zero-order valence-electron chi connectivity index (χ0n) is 20.0. The van der Waals surface area contributed by atoms with Gasteiger partial charge >= 0.3 is 11.9 Å². The number of hydrogen-bond acceptors (Lipinski definition) is 9. The van der Waals surface area contributed by atoms with Crippen molar-refractivity contribution in [3.05, 3.63) is 57.6 Å². The third-order valence-electron chi connectivity index (χ3n) is 4.76. The molecular weight excluding hydrogens is 531 g/mol. The molecule has 0 bridgehead atoms. The highest BCUT2D eigenvalue weighted by molar-refractivity contribution is 6.34. The topological polar surface area (TPSA) is 149 Å². The number of methoxy groups -OCH3 is 2. The van der Waals surface area contributed by atoms with E-state index in [1.54, 1.807) is 0 Å². The first kappa shape index (κ1) is 29.7. The molecule has 0 unspecified atom stereocenters. The normalized spacial score (nSPS) is 11.2. The number of benzene rings is 2. The average Bonchev–Trinajstić information content (AvgIpc) is 2.90. The summed E-state index contributed by atoms with van der Waals surface area (Å²) in [5.41, 5.74) is 0.209. The second-order valence-corrected chi connectivity index (χ2v) is 8.25. The monoisotopic (exact) mass is 556 g/mol. The Balaban J connectivity index is 1.66. The van der Waals surface area contributed by atoms with E-state index in [9.17, 15) is 24.3 Å². The molecule has 0 radical (unpaired) electrons. The molecule has 0 aliphatic heterocycles. The molecule has 0 aliphatic carbocycles. The van der Waals surface area contributed by atoms with Crippen LogP contribution in [0.5, 0.6) is 11.5 Å². The van der Waals surface area contributed by atoms with Gasteiger partial charge in [-0.2, -0.15) is 0 Å². The number of hydrogen-bond donors (Lipinski definition) is 3. The summed E-state index contributed by atoms with van der Waals surface area (Å²) < 4.78 is 19.9. The van der Waals surface area contributed by atoms with Crippen LogP contribution in [0.1, 0.15) is 27.1 Å². The van der Waals surface area contributed by atoms with E-state index in [4.69, 9.17) is 32.7 Å². The highest BCUT2D eigenvalue weighted by Crippen LogP contribution is 2.23. The van der Waals surface area contributed by atoms with Crippen molar-refractivity contribution in [3.8, 4) is 11.5 Å². The second-order valence-electron chi connectivity index (χ2n) is 7.44. The van der Waals surface area contributed by atoms with Crippen LogP contribution in [0.3, 0.4) is 0 Å². The Morgan fingerprint density at radius 1 is 0.811 bits per heavy atom. The Hall–Kier alpha value is -3.54. The molecule has 0 heterocycles. The first-order chi connectivity index (χ1) is 17.6. The number of carbonyl (C=O) groups excluding carboxylic acids is 4. The molecule has 0 saturated carbocycles. The molecule has 13 heteroatoms. The molecule has 2 aromatic carbocycles. The summed E-state index contributed by atoms with van der Waals surface area (Å²) in [5.74, 6) is -1.73. The van der Waals surface area contributed by atoms with Gasteiger partial charge < -0.3 is 34.7 Å². The maximum Gasteiger partial charge on any atom is 0.339 e. The fourth-order valence-electron chi connectivity index (χ4n) is 2.83. The minimum absolute atomic E-state index is 0.0658. The highest BCUT2D eigenvalue weighted by atomic mass is 35.5. The van der Waals surface area contributed by atoms with Crippen LogP contribution < -0.4 is 20.1 Å². The van der Waals surface area contributed by atoms with Gasteiger partial charge in [0.15, 0.2) is 13.2 Å². The van der Waals surface area contributed by atoms with Crippen LogP contribution >= 0.6 is 23.2 Å². The second kappa shape index (κ2) is 14.9. The molecule has 0 fully saturated rings. The van der Waals surface area contributed by atoms with E-state index in [1.807, 2.05) is 0 Å². The highest BCUT2D eigenvalue weighted by Gasteiger charge is 2.15. The summed E-state index contributed by atoms with van der Waals surface area (Å²) in [5, 5.41) is 15.5. The first-order valence-corrected chi connectivity index (χ1v) is 11.6. The van der Waals surface area contributed by atoms with E-state index in [0.717, 1.165) is 0 Å². The van der Waals surface area contributed by atoms with Crippen molar-refractivity contribution in [2.75, 3.05) is 40.5 Å². The Bertz CT molecular complexity index is 1130. The van der Waals surface area contributed by atoms with E-state index in [2.05, 4.69) is 20.1 Å². The fraction of sp³-hybridized carbons (Fsp3) is 0.333. The fourth-order valence-corrected chi connectivity index (χ4v) is 3.22. The molecule has 200 valence electrons. The third-order valence-corrected chi connectivity index (χ3v) is 5.42. The number of ether oxygens (including phenoxy) is 4. The molecule has 0 spiro atoms. The van der Waals surface area contributed by atoms with Gasteiger partial charge in [0.25, 0.3) is 11.8 Å². The summed E-state index contributed by atoms with van der Waals surface area (Å²) in [6.07, 6.45) is -0.759. The van der Waals surface area contributed by atoms with E-state index >= 15 is 0 Å². The lowest BCUT2D eigenvalue weighted by Gasteiger charge is -2.13. The van der Waals surface area contributed by atoms with Crippen LogP contribution in [-0.2, 0) is 19.1 Å². The summed E-state index contributed by atoms with van der Waals surface area (Å²) in [7, 11) is 2.44. The smallest absolute Gasteiger partial charge is 0.339 e. The summed E-state index contributed by atoms with van der Waals surface area (Å²) >= 11 is 11.9. The Labute approximate surface area is 222 Å². The minimum atomic E-state index is -0.925. The molecule has 0 aromatic heterocycles. The van der Waals surface area contributed by atoms with E-state index < -0.39 is 29.9 Å². The number of aliphatic hydroxyl groups excluding tert-OH is 1. The predicted octanol–water partition coefficient (Wildman–Crippen LogP) is 2.01. The molecule has 3 N–H and O–H groups in total. The molecule has 2 rings (SSSR count). The summed E-state index contributed by atoms with van der Waals surface area (Å²) in [6, 6.07) is 8.61. The number of nitrogens with one attached hydrogen (secondary N) is 2. The van der Waals surface area contributed by atoms with Gasteiger partial charge in [0.05, 0.1) is 41.5 Å². The Morgan fingerprint density at radius 2 is 1.27 bits per heavy atom. The maximum atomic E-state index is 12.0. The van der Waals surface area contributed by atoms with Crippen LogP contribution in [0.4, 0.5) is 0 Å². The Morgan fingerprint density at radius 3 is 1.73 bits per heavy atom. The van der Waals surface area contributed by atoms with Crippen LogP contribution in [0, 0.1) is 0 Å². The van der Waals surface area contributed by atoms with E-state index in [1.165, 1.54) is 50.6 Å². The average molecular weight is 557 g/mol. The van der Waals surface area contributed by atoms with E-state index in [-0.39, 0.29) is 65.4 Å². The van der Waals surface area contributed by atoms with Crippen molar-refractivity contribution in [1.29, 1.82) is 0 Å². The largest absolute Gasteiger partial charge is 0.484 e. The Kier molecular flexibility index (Phi) is 11.9. The number of aliphatic hydroxyl groups is 1. The zero-order chi connectivity index (χ0) is 27.4. The molecule has 11 nitrogen and oxygen atoms in total. The van der Waals surface area contributed by atoms with Crippen LogP contribution in [0.15, 0.2) is 36.4 Å². The molecular formula is C24H26Cl2N2O9. The molecule has 2 amide bonds. The van der Waals surface area contributed by atoms with Crippen LogP contribution in [0.25, 0.3) is 0 Å². The lowest BCUT2D eigenvalue weighted by molar-refractivity contribution is -0.124. The van der Waals surface area contributed by atoms with Gasteiger partial charge in [0.2, 0.25) is 0 Å². The van der Waals surface area contributed by atoms with Gasteiger partial charge in [0, 0.05) is 13.1 Å². The summed E-state index contributed by atoms with van der Waals surface area (Å²) in [4.78, 5) is 47.3. The van der Waals surface area contributed by atoms with Crippen molar-refractivity contribution >= 4 is 47.0 Å². The van der Waals surface area contributed by atoms with Crippen molar-refractivity contribution < 1.29 is 43.2 Å². The van der Waals surface area contributed by atoms with Crippen LogP contribution in [-0.4, -0.2) is 75.5 Å². The number of carbonyl (C=O) groups is 4. The molecule has 2 aromatic rings. The van der Waals surface area contributed by atoms with Crippen LogP contribution in [0.2, 0.25) is 10.0 Å². The zero-order valence-corrected chi connectivity index (χ0v) is 21.6. The number of esters is 2. The predicted molar refractivity (Wildman–Crippen MR) is 133 cm³/mol. The standard InChI is InChI=1S/C24H26Cl2N2O9/c1-34-23(32)17-9-15(3-5-19(17)25)36-12-21(30)27-8-7-14(29)11-28-22(31)13-37-16-4-6-20(26)18(10-16)24(33)35-2/h3-6,9-10,14,29H,7-8,11-13H2,1-2H3,(H,27,30)(H,28,31)/t14-/m0/s1. The summed E-state index contributed by atoms with van der Waals surface area (Å²) in [6.45, 7) is -0.616. The SMILES string of the molecule is COC(=O)c1cc(OCC(=O)NCC[C@H](O)CNC(=O)COc2ccc(Cl)c(C(=O)OC)c2)ccc1Cl. The molecule has 0 aliphatic rings. The lowest BCUT2D eigenvalue weighted by Crippen LogP contribution is -2.37. The number of amides is 2. The van der Waals surface area contributed by atoms with E-state index in [0.29, 0.717) is 0 Å².